The van der Waals surface area contributed by atoms with E-state index in [0.717, 1.165) is 70.6 Å². The molecule has 1 heterocycles. The molecule has 6 nitrogen and oxygen atoms in total. The van der Waals surface area contributed by atoms with Crippen molar-refractivity contribution >= 4 is 11.7 Å². The van der Waals surface area contributed by atoms with Gasteiger partial charge in [0, 0.05) is 43.4 Å². The fraction of sp³-hybridized carbons (Fsp3) is 0.618. The number of amides is 2. The van der Waals surface area contributed by atoms with Gasteiger partial charge in [0.15, 0.2) is 0 Å². The van der Waals surface area contributed by atoms with Crippen LogP contribution < -0.4 is 20.3 Å². The molecule has 222 valence electrons. The van der Waals surface area contributed by atoms with Gasteiger partial charge in [-0.3, -0.25) is 0 Å². The first kappa shape index (κ1) is 31.8. The molecule has 0 bridgehead atoms. The smallest absolute Gasteiger partial charge is 0.317 e. The summed E-state index contributed by atoms with van der Waals surface area (Å²) in [6.45, 7) is 16.5. The summed E-state index contributed by atoms with van der Waals surface area (Å²) >= 11 is 0. The molecule has 1 aliphatic heterocycles. The second kappa shape index (κ2) is 16.5. The number of rotatable bonds is 15. The molecule has 2 amide bonds. The van der Waals surface area contributed by atoms with E-state index in [2.05, 4.69) is 86.6 Å². The first-order valence-corrected chi connectivity index (χ1v) is 15.5. The van der Waals surface area contributed by atoms with E-state index in [1.54, 1.807) is 0 Å². The molecule has 1 atom stereocenters. The van der Waals surface area contributed by atoms with E-state index in [4.69, 9.17) is 4.74 Å². The summed E-state index contributed by atoms with van der Waals surface area (Å²) in [4.78, 5) is 17.1. The van der Waals surface area contributed by atoms with Crippen molar-refractivity contribution in [2.45, 2.75) is 97.8 Å². The Balaban J connectivity index is 1.46. The van der Waals surface area contributed by atoms with Gasteiger partial charge in [-0.1, -0.05) is 57.0 Å². The molecule has 0 saturated carbocycles. The van der Waals surface area contributed by atoms with Crippen molar-refractivity contribution in [1.82, 2.24) is 15.5 Å². The summed E-state index contributed by atoms with van der Waals surface area (Å²) in [5.41, 5.74) is 2.36. The van der Waals surface area contributed by atoms with Crippen LogP contribution in [0.5, 0.6) is 5.75 Å². The molecule has 1 aliphatic rings. The van der Waals surface area contributed by atoms with Crippen LogP contribution in [-0.2, 0) is 6.61 Å². The van der Waals surface area contributed by atoms with Crippen molar-refractivity contribution < 1.29 is 9.53 Å². The van der Waals surface area contributed by atoms with Crippen molar-refractivity contribution in [2.75, 3.05) is 37.6 Å². The predicted octanol–water partition coefficient (Wildman–Crippen LogP) is 7.24. The highest BCUT2D eigenvalue weighted by Gasteiger charge is 2.22. The zero-order valence-corrected chi connectivity index (χ0v) is 25.8. The Labute approximate surface area is 243 Å². The first-order chi connectivity index (χ1) is 19.2. The summed E-state index contributed by atoms with van der Waals surface area (Å²) in [6.07, 6.45) is 7.89. The largest absolute Gasteiger partial charge is 0.489 e. The average molecular weight is 551 g/mol. The third kappa shape index (κ3) is 11.8. The van der Waals surface area contributed by atoms with E-state index >= 15 is 0 Å². The lowest BCUT2D eigenvalue weighted by Crippen LogP contribution is -2.50. The second-order valence-corrected chi connectivity index (χ2v) is 12.6. The van der Waals surface area contributed by atoms with Crippen molar-refractivity contribution in [3.63, 3.8) is 0 Å². The number of urea groups is 1. The maximum absolute atomic E-state index is 12.6. The Morgan fingerprint density at radius 1 is 0.950 bits per heavy atom. The van der Waals surface area contributed by atoms with E-state index in [1.165, 1.54) is 24.1 Å². The second-order valence-electron chi connectivity index (χ2n) is 12.6. The Bertz CT molecular complexity index is 969. The molecule has 3 rings (SSSR count). The minimum absolute atomic E-state index is 0.0437. The van der Waals surface area contributed by atoms with Crippen molar-refractivity contribution in [1.29, 1.82) is 0 Å². The Morgan fingerprint density at radius 2 is 1.62 bits per heavy atom. The standard InChI is InChI=1S/C34H54N4O2/c1-28(2)21-25-38(31-17-19-32(20-18-31)40-26-30-15-9-8-10-16-30)27-34(4,5)35-22-13-14-29(3)36-33(39)37-23-11-6-7-12-24-37/h8-10,15-20,28-29,35H,6-7,11-14,21-27H2,1-5H3,(H,36,39). The number of likely N-dealkylation sites (tertiary alicyclic amines) is 1. The first-order valence-electron chi connectivity index (χ1n) is 15.5. The van der Waals surface area contributed by atoms with Crippen LogP contribution in [0.4, 0.5) is 10.5 Å². The molecule has 1 unspecified atom stereocenters. The molecule has 2 aromatic rings. The van der Waals surface area contributed by atoms with E-state index in [0.29, 0.717) is 12.5 Å². The molecule has 40 heavy (non-hydrogen) atoms. The molecule has 1 fully saturated rings. The molecule has 1 saturated heterocycles. The molecule has 0 spiro atoms. The molecule has 0 aromatic heterocycles. The summed E-state index contributed by atoms with van der Waals surface area (Å²) in [5.74, 6) is 1.55. The monoisotopic (exact) mass is 550 g/mol. The lowest BCUT2D eigenvalue weighted by Gasteiger charge is -2.36. The number of carbonyl (C=O) groups excluding carboxylic acids is 1. The Kier molecular flexibility index (Phi) is 13.1. The van der Waals surface area contributed by atoms with Gasteiger partial charge in [0.25, 0.3) is 0 Å². The van der Waals surface area contributed by atoms with Crippen LogP contribution in [0.15, 0.2) is 54.6 Å². The van der Waals surface area contributed by atoms with Gasteiger partial charge < -0.3 is 25.2 Å². The molecule has 6 heteroatoms. The van der Waals surface area contributed by atoms with Gasteiger partial charge in [-0.05, 0) is 95.2 Å². The third-order valence-corrected chi connectivity index (χ3v) is 7.69. The van der Waals surface area contributed by atoms with Crippen LogP contribution in [0.1, 0.15) is 85.1 Å². The third-order valence-electron chi connectivity index (χ3n) is 7.69. The zero-order chi connectivity index (χ0) is 28.8. The van der Waals surface area contributed by atoms with Gasteiger partial charge in [0.05, 0.1) is 0 Å². The van der Waals surface area contributed by atoms with Crippen LogP contribution in [0, 0.1) is 5.92 Å². The quantitative estimate of drug-likeness (QED) is 0.230. The van der Waals surface area contributed by atoms with Gasteiger partial charge in [-0.15, -0.1) is 0 Å². The Hall–Kier alpha value is -2.73. The SMILES string of the molecule is CC(C)CCN(CC(C)(C)NCCCC(C)NC(=O)N1CCCCCC1)c1ccc(OCc2ccccc2)cc1. The predicted molar refractivity (Wildman–Crippen MR) is 168 cm³/mol. The van der Waals surface area contributed by atoms with Crippen LogP contribution in [-0.4, -0.2) is 55.2 Å². The Morgan fingerprint density at radius 3 is 2.27 bits per heavy atom. The number of nitrogens with zero attached hydrogens (tertiary/aromatic N) is 2. The average Bonchev–Trinajstić information content (AvgIpc) is 3.23. The molecule has 0 aliphatic carbocycles. The minimum Gasteiger partial charge on any atom is -0.489 e. The molecule has 2 N–H and O–H groups in total. The highest BCUT2D eigenvalue weighted by atomic mass is 16.5. The highest BCUT2D eigenvalue weighted by Crippen LogP contribution is 2.23. The van der Waals surface area contributed by atoms with Crippen LogP contribution in [0.25, 0.3) is 0 Å². The number of hydrogen-bond donors (Lipinski definition) is 2. The van der Waals surface area contributed by atoms with Gasteiger partial charge in [-0.25, -0.2) is 4.79 Å². The van der Waals surface area contributed by atoms with Crippen LogP contribution >= 0.6 is 0 Å². The zero-order valence-electron chi connectivity index (χ0n) is 25.8. The molecule has 2 aromatic carbocycles. The topological polar surface area (TPSA) is 56.8 Å². The number of hydrogen-bond acceptors (Lipinski definition) is 4. The lowest BCUT2D eigenvalue weighted by atomic mass is 10.0. The van der Waals surface area contributed by atoms with Crippen molar-refractivity contribution in [3.05, 3.63) is 60.2 Å². The van der Waals surface area contributed by atoms with Crippen molar-refractivity contribution in [3.8, 4) is 5.75 Å². The van der Waals surface area contributed by atoms with E-state index in [1.807, 2.05) is 23.1 Å². The summed E-state index contributed by atoms with van der Waals surface area (Å²) in [6, 6.07) is 19.1. The van der Waals surface area contributed by atoms with Gasteiger partial charge in [0.2, 0.25) is 0 Å². The molecule has 0 radical (unpaired) electrons. The maximum atomic E-state index is 12.6. The number of carbonyl (C=O) groups is 1. The fourth-order valence-corrected chi connectivity index (χ4v) is 5.22. The summed E-state index contributed by atoms with van der Waals surface area (Å²) in [5, 5.41) is 7.01. The highest BCUT2D eigenvalue weighted by molar-refractivity contribution is 5.74. The fourth-order valence-electron chi connectivity index (χ4n) is 5.22. The number of ether oxygens (including phenoxy) is 1. The van der Waals surface area contributed by atoms with Gasteiger partial charge in [-0.2, -0.15) is 0 Å². The van der Waals surface area contributed by atoms with E-state index in [-0.39, 0.29) is 17.6 Å². The summed E-state index contributed by atoms with van der Waals surface area (Å²) < 4.78 is 6.01. The molecular formula is C34H54N4O2. The van der Waals surface area contributed by atoms with Crippen LogP contribution in [0.2, 0.25) is 0 Å². The number of anilines is 1. The van der Waals surface area contributed by atoms with Gasteiger partial charge in [0.1, 0.15) is 12.4 Å². The maximum Gasteiger partial charge on any atom is 0.317 e. The van der Waals surface area contributed by atoms with Gasteiger partial charge >= 0.3 is 6.03 Å². The molecular weight excluding hydrogens is 496 g/mol. The normalized spacial score (nSPS) is 15.0. The van der Waals surface area contributed by atoms with Crippen LogP contribution in [0.3, 0.4) is 0 Å². The van der Waals surface area contributed by atoms with Crippen molar-refractivity contribution in [2.24, 2.45) is 5.92 Å². The van der Waals surface area contributed by atoms with E-state index < -0.39 is 0 Å². The number of nitrogens with one attached hydrogen (secondary N) is 2. The van der Waals surface area contributed by atoms with E-state index in [9.17, 15) is 4.79 Å². The summed E-state index contributed by atoms with van der Waals surface area (Å²) in [7, 11) is 0. The minimum atomic E-state index is -0.0437. The lowest BCUT2D eigenvalue weighted by molar-refractivity contribution is 0.195. The number of benzene rings is 2.